The molecular formula is C17H23FN2O4. The molecule has 132 valence electrons. The Balaban J connectivity index is 2.83. The lowest BCUT2D eigenvalue weighted by Crippen LogP contribution is -2.48. The number of halogens is 1. The largest absolute Gasteiger partial charge is 0.480 e. The van der Waals surface area contributed by atoms with Gasteiger partial charge >= 0.3 is 5.97 Å². The summed E-state index contributed by atoms with van der Waals surface area (Å²) in [5, 5.41) is 11.7. The number of nitrogens with zero attached hydrogens (tertiary/aromatic N) is 1. The topological polar surface area (TPSA) is 86.7 Å². The maximum absolute atomic E-state index is 13.7. The van der Waals surface area contributed by atoms with Gasteiger partial charge < -0.3 is 15.3 Å². The van der Waals surface area contributed by atoms with E-state index in [2.05, 4.69) is 5.32 Å². The minimum atomic E-state index is -1.13. The van der Waals surface area contributed by atoms with Crippen LogP contribution in [-0.2, 0) is 20.8 Å². The molecule has 2 atom stereocenters. The average molecular weight is 338 g/mol. The van der Waals surface area contributed by atoms with Crippen molar-refractivity contribution in [3.63, 3.8) is 0 Å². The molecule has 0 heterocycles. The highest BCUT2D eigenvalue weighted by Gasteiger charge is 2.29. The number of benzene rings is 1. The molecule has 0 aliphatic rings. The number of carbonyl (C=O) groups is 3. The fourth-order valence-electron chi connectivity index (χ4n) is 2.34. The van der Waals surface area contributed by atoms with Crippen molar-refractivity contribution in [3.8, 4) is 0 Å². The van der Waals surface area contributed by atoms with Crippen molar-refractivity contribution in [3.05, 3.63) is 35.6 Å². The van der Waals surface area contributed by atoms with Crippen LogP contribution in [0.25, 0.3) is 0 Å². The summed E-state index contributed by atoms with van der Waals surface area (Å²) in [4.78, 5) is 36.0. The molecule has 0 saturated heterocycles. The van der Waals surface area contributed by atoms with Crippen LogP contribution in [0.15, 0.2) is 24.3 Å². The first kappa shape index (κ1) is 19.6. The molecular weight excluding hydrogens is 315 g/mol. The molecule has 0 aliphatic heterocycles. The third-order valence-electron chi connectivity index (χ3n) is 3.74. The number of rotatable bonds is 8. The zero-order valence-electron chi connectivity index (χ0n) is 14.1. The molecule has 1 aromatic carbocycles. The smallest absolute Gasteiger partial charge is 0.326 e. The minimum absolute atomic E-state index is 0.0769. The number of carboxylic acids is 1. The van der Waals surface area contributed by atoms with Gasteiger partial charge in [-0.2, -0.15) is 0 Å². The van der Waals surface area contributed by atoms with E-state index in [-0.39, 0.29) is 25.4 Å². The van der Waals surface area contributed by atoms with Crippen LogP contribution in [0.2, 0.25) is 0 Å². The Morgan fingerprint density at radius 3 is 2.42 bits per heavy atom. The number of hydrogen-bond donors (Lipinski definition) is 2. The summed E-state index contributed by atoms with van der Waals surface area (Å²) in [5.74, 6) is -2.76. The Morgan fingerprint density at radius 2 is 1.88 bits per heavy atom. The van der Waals surface area contributed by atoms with Gasteiger partial charge in [0.15, 0.2) is 0 Å². The summed E-state index contributed by atoms with van der Waals surface area (Å²) in [7, 11) is 0. The van der Waals surface area contributed by atoms with Crippen LogP contribution in [0, 0.1) is 11.7 Å². The fraction of sp³-hybridized carbons (Fsp3) is 0.471. The molecule has 0 radical (unpaired) electrons. The van der Waals surface area contributed by atoms with E-state index < -0.39 is 29.7 Å². The van der Waals surface area contributed by atoms with E-state index in [1.54, 1.807) is 25.1 Å². The van der Waals surface area contributed by atoms with Crippen LogP contribution < -0.4 is 5.32 Å². The summed E-state index contributed by atoms with van der Waals surface area (Å²) in [6.07, 6.45) is 0.175. The Morgan fingerprint density at radius 1 is 1.25 bits per heavy atom. The van der Waals surface area contributed by atoms with Gasteiger partial charge in [-0.15, -0.1) is 0 Å². The third kappa shape index (κ3) is 5.64. The van der Waals surface area contributed by atoms with Gasteiger partial charge in [0, 0.05) is 25.9 Å². The quantitative estimate of drug-likeness (QED) is 0.751. The lowest BCUT2D eigenvalue weighted by molar-refractivity contribution is -0.151. The summed E-state index contributed by atoms with van der Waals surface area (Å²) >= 11 is 0. The molecule has 1 aromatic rings. The second-order valence-corrected chi connectivity index (χ2v) is 5.73. The molecule has 2 amide bonds. The molecule has 2 N–H and O–H groups in total. The fourth-order valence-corrected chi connectivity index (χ4v) is 2.34. The van der Waals surface area contributed by atoms with Crippen LogP contribution in [0.3, 0.4) is 0 Å². The van der Waals surface area contributed by atoms with E-state index in [9.17, 15) is 23.9 Å². The van der Waals surface area contributed by atoms with E-state index in [1.165, 1.54) is 24.8 Å². The van der Waals surface area contributed by atoms with Crippen LogP contribution >= 0.6 is 0 Å². The molecule has 0 spiro atoms. The number of carbonyl (C=O) groups excluding carboxylic acids is 2. The molecule has 0 saturated carbocycles. The number of amides is 2. The van der Waals surface area contributed by atoms with Crippen molar-refractivity contribution >= 4 is 17.8 Å². The molecule has 24 heavy (non-hydrogen) atoms. The maximum atomic E-state index is 13.7. The van der Waals surface area contributed by atoms with Gasteiger partial charge in [-0.25, -0.2) is 9.18 Å². The molecule has 1 rings (SSSR count). The van der Waals surface area contributed by atoms with Crippen molar-refractivity contribution in [1.82, 2.24) is 10.2 Å². The standard InChI is InChI=1S/C17H23FN2O4/c1-11(10-14-6-4-5-7-15(14)18)16(22)20(12(2)17(23)24)9-8-19-13(3)21/h4-7,11-12H,8-10H2,1-3H3,(H,19,21)(H,23,24). The SMILES string of the molecule is CC(=O)NCCN(C(=O)C(C)Cc1ccccc1F)C(C)C(=O)O. The molecule has 0 aromatic heterocycles. The summed E-state index contributed by atoms with van der Waals surface area (Å²) < 4.78 is 13.7. The second-order valence-electron chi connectivity index (χ2n) is 5.73. The molecule has 0 bridgehead atoms. The van der Waals surface area contributed by atoms with Gasteiger partial charge in [0.25, 0.3) is 0 Å². The maximum Gasteiger partial charge on any atom is 0.326 e. The zero-order valence-corrected chi connectivity index (χ0v) is 14.1. The highest BCUT2D eigenvalue weighted by molar-refractivity contribution is 5.85. The van der Waals surface area contributed by atoms with Gasteiger partial charge in [-0.05, 0) is 25.0 Å². The number of hydrogen-bond acceptors (Lipinski definition) is 3. The summed E-state index contributed by atoms with van der Waals surface area (Å²) in [6.45, 7) is 4.62. The first-order valence-electron chi connectivity index (χ1n) is 7.75. The molecule has 0 fully saturated rings. The zero-order chi connectivity index (χ0) is 18.3. The Labute approximate surface area is 140 Å². The normalized spacial score (nSPS) is 13.0. The van der Waals surface area contributed by atoms with Gasteiger partial charge in [0.2, 0.25) is 11.8 Å². The second kappa shape index (κ2) is 9.00. The molecule has 6 nitrogen and oxygen atoms in total. The van der Waals surface area contributed by atoms with Crippen LogP contribution in [0.5, 0.6) is 0 Å². The van der Waals surface area contributed by atoms with E-state index in [4.69, 9.17) is 0 Å². The first-order chi connectivity index (χ1) is 11.2. The van der Waals surface area contributed by atoms with Crippen LogP contribution in [0.4, 0.5) is 4.39 Å². The van der Waals surface area contributed by atoms with E-state index in [0.717, 1.165) is 0 Å². The van der Waals surface area contributed by atoms with Gasteiger partial charge in [-0.1, -0.05) is 25.1 Å². The third-order valence-corrected chi connectivity index (χ3v) is 3.74. The lowest BCUT2D eigenvalue weighted by atomic mass is 9.98. The Hall–Kier alpha value is -2.44. The highest BCUT2D eigenvalue weighted by atomic mass is 19.1. The number of carboxylic acid groups (broad SMARTS) is 1. The minimum Gasteiger partial charge on any atom is -0.480 e. The molecule has 7 heteroatoms. The van der Waals surface area contributed by atoms with Gasteiger partial charge in [0.1, 0.15) is 11.9 Å². The molecule has 2 unspecified atom stereocenters. The Bertz CT molecular complexity index is 606. The van der Waals surface area contributed by atoms with Gasteiger partial charge in [0.05, 0.1) is 0 Å². The van der Waals surface area contributed by atoms with Crippen molar-refractivity contribution in [1.29, 1.82) is 0 Å². The van der Waals surface area contributed by atoms with E-state index in [1.807, 2.05) is 0 Å². The van der Waals surface area contributed by atoms with Crippen LogP contribution in [-0.4, -0.2) is 46.9 Å². The highest BCUT2D eigenvalue weighted by Crippen LogP contribution is 2.16. The Kier molecular flexibility index (Phi) is 7.35. The number of nitrogens with one attached hydrogen (secondary N) is 1. The lowest BCUT2D eigenvalue weighted by Gasteiger charge is -2.29. The van der Waals surface area contributed by atoms with Crippen molar-refractivity contribution in [2.75, 3.05) is 13.1 Å². The van der Waals surface area contributed by atoms with Crippen molar-refractivity contribution in [2.45, 2.75) is 33.2 Å². The molecule has 0 aliphatic carbocycles. The monoisotopic (exact) mass is 338 g/mol. The van der Waals surface area contributed by atoms with E-state index >= 15 is 0 Å². The van der Waals surface area contributed by atoms with Crippen molar-refractivity contribution in [2.24, 2.45) is 5.92 Å². The number of aliphatic carboxylic acids is 1. The van der Waals surface area contributed by atoms with Crippen molar-refractivity contribution < 1.29 is 23.9 Å². The van der Waals surface area contributed by atoms with Crippen LogP contribution in [0.1, 0.15) is 26.3 Å². The first-order valence-corrected chi connectivity index (χ1v) is 7.75. The van der Waals surface area contributed by atoms with Gasteiger partial charge in [-0.3, -0.25) is 9.59 Å². The van der Waals surface area contributed by atoms with E-state index in [0.29, 0.717) is 5.56 Å². The predicted octanol–water partition coefficient (Wildman–Crippen LogP) is 1.44. The summed E-state index contributed by atoms with van der Waals surface area (Å²) in [5.41, 5.74) is 0.406. The predicted molar refractivity (Wildman–Crippen MR) is 86.8 cm³/mol. The summed E-state index contributed by atoms with van der Waals surface area (Å²) in [6, 6.07) is 5.14. The average Bonchev–Trinajstić information content (AvgIpc) is 2.52.